The third-order valence-electron chi connectivity index (χ3n) is 5.28. The summed E-state index contributed by atoms with van der Waals surface area (Å²) in [6.45, 7) is 9.38. The molecule has 0 aliphatic carbocycles. The molecule has 0 nitrogen and oxygen atoms in total. The van der Waals surface area contributed by atoms with Gasteiger partial charge in [-0.3, -0.25) is 0 Å². The predicted molar refractivity (Wildman–Crippen MR) is 113 cm³/mol. The van der Waals surface area contributed by atoms with Crippen molar-refractivity contribution in [2.75, 3.05) is 24.6 Å². The summed E-state index contributed by atoms with van der Waals surface area (Å²) in [5.41, 5.74) is 0. The molecule has 0 radical (unpaired) electrons. The molecule has 0 bridgehead atoms. The molecular formula is C20H44BrP. The van der Waals surface area contributed by atoms with Crippen molar-refractivity contribution < 1.29 is 0 Å². The van der Waals surface area contributed by atoms with Crippen LogP contribution in [0.3, 0.4) is 0 Å². The van der Waals surface area contributed by atoms with Crippen LogP contribution in [0.1, 0.15) is 105 Å². The number of rotatable bonds is 16. The van der Waals surface area contributed by atoms with Gasteiger partial charge in [0.2, 0.25) is 0 Å². The van der Waals surface area contributed by atoms with Crippen molar-refractivity contribution in [1.29, 1.82) is 0 Å². The van der Waals surface area contributed by atoms with Crippen molar-refractivity contribution >= 4 is 20.8 Å². The van der Waals surface area contributed by atoms with E-state index in [1.54, 1.807) is 0 Å². The molecule has 22 heavy (non-hydrogen) atoms. The first-order valence-corrected chi connectivity index (χ1v) is 15.3. The van der Waals surface area contributed by atoms with Crippen molar-refractivity contribution in [1.82, 2.24) is 0 Å². The van der Waals surface area contributed by atoms with Gasteiger partial charge in [-0.25, -0.2) is 0 Å². The Morgan fingerprint density at radius 3 is 1.09 bits per heavy atom. The van der Waals surface area contributed by atoms with Gasteiger partial charge >= 0.3 is 150 Å². The second-order valence-corrected chi connectivity index (χ2v) is 19.0. The Bertz CT molecular complexity index is 228. The first-order chi connectivity index (χ1) is 10.5. The molecule has 0 saturated carbocycles. The van der Waals surface area contributed by atoms with E-state index in [2.05, 4.69) is 43.2 Å². The van der Waals surface area contributed by atoms with Crippen molar-refractivity contribution in [3.05, 3.63) is 0 Å². The minimum absolute atomic E-state index is 1.36. The van der Waals surface area contributed by atoms with Crippen LogP contribution in [-0.2, 0) is 0 Å². The van der Waals surface area contributed by atoms with Crippen molar-refractivity contribution in [2.45, 2.75) is 105 Å². The average molecular weight is 395 g/mol. The molecule has 0 amide bonds. The predicted octanol–water partition coefficient (Wildman–Crippen LogP) is 8.61. The first kappa shape index (κ1) is 22.9. The Morgan fingerprint density at radius 2 is 0.773 bits per heavy atom. The van der Waals surface area contributed by atoms with E-state index < -0.39 is 5.31 Å². The van der Waals surface area contributed by atoms with E-state index in [0.717, 1.165) is 0 Å². The van der Waals surface area contributed by atoms with E-state index in [9.17, 15) is 0 Å². The van der Waals surface area contributed by atoms with Gasteiger partial charge in [0.25, 0.3) is 0 Å². The molecule has 0 spiro atoms. The van der Waals surface area contributed by atoms with Gasteiger partial charge in [0, 0.05) is 0 Å². The summed E-state index contributed by atoms with van der Waals surface area (Å²) in [6, 6.07) is 0. The van der Waals surface area contributed by atoms with E-state index in [1.807, 2.05) is 0 Å². The fourth-order valence-electron chi connectivity index (χ4n) is 3.64. The van der Waals surface area contributed by atoms with Crippen LogP contribution in [0.25, 0.3) is 0 Å². The summed E-state index contributed by atoms with van der Waals surface area (Å²) < 4.78 is 0. The fraction of sp³-hybridized carbons (Fsp3) is 1.00. The van der Waals surface area contributed by atoms with Crippen molar-refractivity contribution in [2.24, 2.45) is 0 Å². The van der Waals surface area contributed by atoms with E-state index in [4.69, 9.17) is 0 Å². The third kappa shape index (κ3) is 9.92. The van der Waals surface area contributed by atoms with Crippen LogP contribution in [-0.4, -0.2) is 24.6 Å². The van der Waals surface area contributed by atoms with Crippen LogP contribution < -0.4 is 0 Å². The summed E-state index contributed by atoms with van der Waals surface area (Å²) in [4.78, 5) is 0. The van der Waals surface area contributed by atoms with E-state index in [0.29, 0.717) is 0 Å². The second kappa shape index (κ2) is 13.2. The molecule has 0 aliphatic heterocycles. The molecule has 0 aromatic heterocycles. The Hall–Kier alpha value is 0.910. The molecule has 0 fully saturated rings. The van der Waals surface area contributed by atoms with Gasteiger partial charge in [-0.15, -0.1) is 0 Å². The van der Waals surface area contributed by atoms with Crippen LogP contribution >= 0.6 is 20.8 Å². The summed E-state index contributed by atoms with van der Waals surface area (Å²) >= 11 is 4.53. The summed E-state index contributed by atoms with van der Waals surface area (Å²) in [6.07, 6.45) is 23.1. The molecule has 0 N–H and O–H groups in total. The zero-order valence-corrected chi connectivity index (χ0v) is 18.6. The standard InChI is InChI=1S/C20H44BrP/c1-5-9-13-15-19-22(21,17-11-7-3,18-12-8-4)20-16-14-10-6-2/h5-20H2,1-4H3. The van der Waals surface area contributed by atoms with Gasteiger partial charge in [0.1, 0.15) is 0 Å². The number of hydrogen-bond acceptors (Lipinski definition) is 0. The molecule has 0 aliphatic rings. The SMILES string of the molecule is CCCCCCP(Br)(CCCC)(CCCC)CCCCCC. The Kier molecular flexibility index (Phi) is 13.8. The molecule has 0 rings (SSSR count). The van der Waals surface area contributed by atoms with Crippen molar-refractivity contribution in [3.63, 3.8) is 0 Å². The molecular weight excluding hydrogens is 351 g/mol. The normalized spacial score (nSPS) is 14.0. The maximum absolute atomic E-state index is 4.53. The molecule has 0 aromatic rings. The van der Waals surface area contributed by atoms with E-state index >= 15 is 0 Å². The molecule has 0 heterocycles. The fourth-order valence-corrected chi connectivity index (χ4v) is 12.2. The van der Waals surface area contributed by atoms with Gasteiger partial charge in [-0.05, 0) is 0 Å². The third-order valence-corrected chi connectivity index (χ3v) is 15.3. The van der Waals surface area contributed by atoms with Gasteiger partial charge in [-0.2, -0.15) is 0 Å². The molecule has 136 valence electrons. The average Bonchev–Trinajstić information content (AvgIpc) is 2.53. The van der Waals surface area contributed by atoms with Gasteiger partial charge in [-0.1, -0.05) is 0 Å². The summed E-state index contributed by atoms with van der Waals surface area (Å²) in [5, 5.41) is -1.61. The molecule has 0 unspecified atom stereocenters. The Morgan fingerprint density at radius 1 is 0.455 bits per heavy atom. The Balaban J connectivity index is 4.79. The van der Waals surface area contributed by atoms with E-state index in [1.165, 1.54) is 102 Å². The van der Waals surface area contributed by atoms with Gasteiger partial charge < -0.3 is 0 Å². The first-order valence-electron chi connectivity index (χ1n) is 10.3. The summed E-state index contributed by atoms with van der Waals surface area (Å²) in [5.74, 6) is 0. The molecule has 0 aromatic carbocycles. The summed E-state index contributed by atoms with van der Waals surface area (Å²) in [7, 11) is 0. The number of unbranched alkanes of at least 4 members (excludes halogenated alkanes) is 8. The van der Waals surface area contributed by atoms with Crippen LogP contribution in [0.4, 0.5) is 0 Å². The van der Waals surface area contributed by atoms with Crippen LogP contribution in [0, 0.1) is 0 Å². The van der Waals surface area contributed by atoms with Crippen LogP contribution in [0.15, 0.2) is 0 Å². The maximum atomic E-state index is 4.53. The van der Waals surface area contributed by atoms with Crippen molar-refractivity contribution in [3.8, 4) is 0 Å². The van der Waals surface area contributed by atoms with Crippen LogP contribution in [0.2, 0.25) is 0 Å². The zero-order valence-electron chi connectivity index (χ0n) is 16.1. The Labute approximate surface area is 150 Å². The quantitative estimate of drug-likeness (QED) is 0.181. The molecule has 0 saturated heterocycles. The monoisotopic (exact) mass is 394 g/mol. The van der Waals surface area contributed by atoms with Gasteiger partial charge in [0.05, 0.1) is 0 Å². The number of hydrogen-bond donors (Lipinski definition) is 0. The van der Waals surface area contributed by atoms with Crippen LogP contribution in [0.5, 0.6) is 0 Å². The second-order valence-electron chi connectivity index (χ2n) is 7.54. The van der Waals surface area contributed by atoms with Gasteiger partial charge in [0.15, 0.2) is 0 Å². The number of halogens is 1. The topological polar surface area (TPSA) is 0 Å². The zero-order chi connectivity index (χ0) is 16.8. The minimum atomic E-state index is -1.61. The molecule has 0 atom stereocenters. The van der Waals surface area contributed by atoms with E-state index in [-0.39, 0.29) is 0 Å². The molecule has 2 heteroatoms.